The SMILES string of the molecule is O=C(COc1ccc(Cl)c(F)c1)NC12CCC(C(=O)NCc3ccc(F)cc3)(CC1)C(O)C2. The van der Waals surface area contributed by atoms with Gasteiger partial charge in [0.05, 0.1) is 16.5 Å². The Morgan fingerprint density at radius 3 is 2.42 bits per heavy atom. The van der Waals surface area contributed by atoms with Gasteiger partial charge in [0.15, 0.2) is 6.61 Å². The van der Waals surface area contributed by atoms with E-state index in [9.17, 15) is 23.5 Å². The molecule has 1 atom stereocenters. The van der Waals surface area contributed by atoms with Gasteiger partial charge in [-0.1, -0.05) is 23.7 Å². The van der Waals surface area contributed by atoms with Gasteiger partial charge in [-0.05, 0) is 61.9 Å². The van der Waals surface area contributed by atoms with Crippen LogP contribution in [0.3, 0.4) is 0 Å². The molecule has 2 bridgehead atoms. The molecule has 1 unspecified atom stereocenters. The zero-order valence-corrected chi connectivity index (χ0v) is 18.6. The molecular weight excluding hydrogens is 454 g/mol. The Morgan fingerprint density at radius 1 is 1.09 bits per heavy atom. The van der Waals surface area contributed by atoms with E-state index >= 15 is 0 Å². The summed E-state index contributed by atoms with van der Waals surface area (Å²) in [6.07, 6.45) is 1.34. The average molecular weight is 479 g/mol. The molecule has 3 N–H and O–H groups in total. The number of carbonyl (C=O) groups excluding carboxylic acids is 2. The third-order valence-corrected chi connectivity index (χ3v) is 7.11. The van der Waals surface area contributed by atoms with Crippen molar-refractivity contribution in [2.24, 2.45) is 5.41 Å². The first-order chi connectivity index (χ1) is 15.7. The fraction of sp³-hybridized carbons (Fsp3) is 0.417. The molecule has 3 aliphatic rings. The van der Waals surface area contributed by atoms with Gasteiger partial charge in [-0.25, -0.2) is 8.78 Å². The Morgan fingerprint density at radius 2 is 1.79 bits per heavy atom. The van der Waals surface area contributed by atoms with E-state index in [2.05, 4.69) is 10.6 Å². The Kier molecular flexibility index (Phi) is 6.59. The van der Waals surface area contributed by atoms with Gasteiger partial charge >= 0.3 is 0 Å². The summed E-state index contributed by atoms with van der Waals surface area (Å²) in [7, 11) is 0. The van der Waals surface area contributed by atoms with Gasteiger partial charge in [0, 0.05) is 18.2 Å². The van der Waals surface area contributed by atoms with Gasteiger partial charge in [-0.15, -0.1) is 0 Å². The minimum absolute atomic E-state index is 0.0331. The fourth-order valence-electron chi connectivity index (χ4n) is 4.84. The van der Waals surface area contributed by atoms with E-state index in [4.69, 9.17) is 16.3 Å². The fourth-order valence-corrected chi connectivity index (χ4v) is 4.96. The van der Waals surface area contributed by atoms with Crippen LogP contribution in [0.15, 0.2) is 42.5 Å². The molecule has 2 aromatic carbocycles. The number of fused-ring (bicyclic) bond motifs is 3. The molecule has 0 heterocycles. The monoisotopic (exact) mass is 478 g/mol. The molecular formula is C24H25ClF2N2O4. The molecule has 0 spiro atoms. The number of halogens is 3. The summed E-state index contributed by atoms with van der Waals surface area (Å²) in [6.45, 7) is -0.0552. The minimum Gasteiger partial charge on any atom is -0.484 e. The van der Waals surface area contributed by atoms with E-state index in [1.807, 2.05) is 0 Å². The third kappa shape index (κ3) is 4.96. The van der Waals surface area contributed by atoms with Crippen molar-refractivity contribution in [3.63, 3.8) is 0 Å². The molecule has 0 aromatic heterocycles. The van der Waals surface area contributed by atoms with Crippen molar-refractivity contribution < 1.29 is 28.2 Å². The van der Waals surface area contributed by atoms with Crippen molar-refractivity contribution >= 4 is 23.4 Å². The van der Waals surface area contributed by atoms with Crippen LogP contribution < -0.4 is 15.4 Å². The highest BCUT2D eigenvalue weighted by molar-refractivity contribution is 6.30. The molecule has 9 heteroatoms. The number of hydrogen-bond acceptors (Lipinski definition) is 4. The summed E-state index contributed by atoms with van der Waals surface area (Å²) in [6, 6.07) is 9.81. The highest BCUT2D eigenvalue weighted by Crippen LogP contribution is 2.52. The van der Waals surface area contributed by atoms with Crippen LogP contribution in [0.5, 0.6) is 5.75 Å². The molecule has 3 aliphatic carbocycles. The lowest BCUT2D eigenvalue weighted by Gasteiger charge is -2.55. The number of amides is 2. The van der Waals surface area contributed by atoms with Crippen LogP contribution in [0.4, 0.5) is 8.78 Å². The van der Waals surface area contributed by atoms with Crippen molar-refractivity contribution in [1.82, 2.24) is 10.6 Å². The lowest BCUT2D eigenvalue weighted by atomic mass is 9.55. The Labute approximate surface area is 195 Å². The van der Waals surface area contributed by atoms with Crippen molar-refractivity contribution in [3.05, 3.63) is 64.7 Å². The molecule has 5 rings (SSSR count). The first kappa shape index (κ1) is 23.4. The van der Waals surface area contributed by atoms with Crippen molar-refractivity contribution in [2.45, 2.75) is 50.3 Å². The normalized spacial score (nSPS) is 26.0. The highest BCUT2D eigenvalue weighted by atomic mass is 35.5. The second kappa shape index (κ2) is 9.27. The van der Waals surface area contributed by atoms with E-state index in [1.54, 1.807) is 12.1 Å². The van der Waals surface area contributed by atoms with E-state index in [1.165, 1.54) is 24.3 Å². The van der Waals surface area contributed by atoms with E-state index in [-0.39, 0.29) is 48.0 Å². The first-order valence-electron chi connectivity index (χ1n) is 10.8. The predicted octanol–water partition coefficient (Wildman–Crippen LogP) is 3.49. The molecule has 0 radical (unpaired) electrons. The van der Waals surface area contributed by atoms with E-state index in [0.717, 1.165) is 11.6 Å². The summed E-state index contributed by atoms with van der Waals surface area (Å²) in [4.78, 5) is 25.4. The van der Waals surface area contributed by atoms with Crippen LogP contribution >= 0.6 is 11.6 Å². The lowest BCUT2D eigenvalue weighted by molar-refractivity contribution is -0.156. The number of aliphatic hydroxyl groups excluding tert-OH is 1. The predicted molar refractivity (Wildman–Crippen MR) is 118 cm³/mol. The molecule has 3 saturated carbocycles. The summed E-state index contributed by atoms with van der Waals surface area (Å²) in [5, 5.41) is 16.6. The van der Waals surface area contributed by atoms with E-state index in [0.29, 0.717) is 25.7 Å². The Hall–Kier alpha value is -2.71. The van der Waals surface area contributed by atoms with Crippen molar-refractivity contribution in [1.29, 1.82) is 0 Å². The number of benzene rings is 2. The molecule has 33 heavy (non-hydrogen) atoms. The number of aliphatic hydroxyl groups is 1. The quantitative estimate of drug-likeness (QED) is 0.568. The molecule has 0 saturated heterocycles. The summed E-state index contributed by atoms with van der Waals surface area (Å²) in [5.41, 5.74) is -0.738. The second-order valence-corrected chi connectivity index (χ2v) is 9.29. The standard InChI is InChI=1S/C24H25ClF2N2O4/c25-18-6-5-17(11-19(18)27)33-14-21(31)29-23-7-9-24(10-8-23,20(30)12-23)22(32)28-13-15-1-3-16(26)4-2-15/h1-6,11,20,30H,7-10,12-14H2,(H,28,32)(H,29,31). The van der Waals surface area contributed by atoms with Gasteiger partial charge in [0.25, 0.3) is 5.91 Å². The maximum Gasteiger partial charge on any atom is 0.258 e. The topological polar surface area (TPSA) is 87.7 Å². The van der Waals surface area contributed by atoms with Crippen LogP contribution in [-0.4, -0.2) is 35.2 Å². The smallest absolute Gasteiger partial charge is 0.258 e. The van der Waals surface area contributed by atoms with Gasteiger partial charge in [-0.3, -0.25) is 9.59 Å². The van der Waals surface area contributed by atoms with Crippen molar-refractivity contribution in [2.75, 3.05) is 6.61 Å². The van der Waals surface area contributed by atoms with Crippen LogP contribution in [-0.2, 0) is 16.1 Å². The van der Waals surface area contributed by atoms with Crippen LogP contribution in [0, 0.1) is 17.0 Å². The van der Waals surface area contributed by atoms with Gasteiger partial charge in [0.2, 0.25) is 5.91 Å². The summed E-state index contributed by atoms with van der Waals surface area (Å²) in [5.74, 6) is -1.40. The number of carbonyl (C=O) groups is 2. The molecule has 6 nitrogen and oxygen atoms in total. The summed E-state index contributed by atoms with van der Waals surface area (Å²) >= 11 is 5.64. The van der Waals surface area contributed by atoms with Crippen molar-refractivity contribution in [3.8, 4) is 5.75 Å². The second-order valence-electron chi connectivity index (χ2n) is 8.88. The molecule has 2 amide bonds. The summed E-state index contributed by atoms with van der Waals surface area (Å²) < 4.78 is 31.9. The van der Waals surface area contributed by atoms with E-state index < -0.39 is 22.9 Å². The minimum atomic E-state index is -0.903. The number of rotatable bonds is 7. The zero-order valence-electron chi connectivity index (χ0n) is 17.9. The van der Waals surface area contributed by atoms with Crippen LogP contribution in [0.2, 0.25) is 5.02 Å². The first-order valence-corrected chi connectivity index (χ1v) is 11.2. The maximum atomic E-state index is 13.5. The van der Waals surface area contributed by atoms with Crippen LogP contribution in [0.25, 0.3) is 0 Å². The average Bonchev–Trinajstić information content (AvgIpc) is 2.80. The molecule has 0 aliphatic heterocycles. The number of hydrogen-bond donors (Lipinski definition) is 3. The Bertz CT molecular complexity index is 1040. The zero-order chi connectivity index (χ0) is 23.6. The molecule has 3 fully saturated rings. The van der Waals surface area contributed by atoms with Gasteiger partial charge < -0.3 is 20.5 Å². The lowest BCUT2D eigenvalue weighted by Crippen LogP contribution is -2.65. The maximum absolute atomic E-state index is 13.5. The third-order valence-electron chi connectivity index (χ3n) is 6.81. The van der Waals surface area contributed by atoms with Gasteiger partial charge in [0.1, 0.15) is 17.4 Å². The number of ether oxygens (including phenoxy) is 1. The highest BCUT2D eigenvalue weighted by Gasteiger charge is 2.58. The van der Waals surface area contributed by atoms with Crippen LogP contribution in [0.1, 0.15) is 37.7 Å². The van der Waals surface area contributed by atoms with Gasteiger partial charge in [-0.2, -0.15) is 0 Å². The Balaban J connectivity index is 1.31. The molecule has 176 valence electrons. The molecule has 2 aromatic rings. The number of nitrogens with one attached hydrogen (secondary N) is 2. The largest absolute Gasteiger partial charge is 0.484 e.